The molecule has 0 radical (unpaired) electrons. The Morgan fingerprint density at radius 1 is 1.23 bits per heavy atom. The molecule has 3 rings (SSSR count). The first-order valence-electron chi connectivity index (χ1n) is 9.03. The van der Waals surface area contributed by atoms with Crippen LogP contribution in [0.5, 0.6) is 11.5 Å². The summed E-state index contributed by atoms with van der Waals surface area (Å²) in [6.07, 6.45) is 5.67. The lowest BCUT2D eigenvalue weighted by molar-refractivity contribution is 0.119. The summed E-state index contributed by atoms with van der Waals surface area (Å²) in [7, 11) is 4.08. The molecule has 5 nitrogen and oxygen atoms in total. The van der Waals surface area contributed by atoms with Crippen molar-refractivity contribution in [3.05, 3.63) is 46.6 Å². The van der Waals surface area contributed by atoms with E-state index in [4.69, 9.17) is 9.47 Å². The fraction of sp³-hybridized carbons (Fsp3) is 0.450. The molecular weight excluding hydrogens is 394 g/mol. The van der Waals surface area contributed by atoms with Gasteiger partial charge in [0, 0.05) is 25.4 Å². The summed E-state index contributed by atoms with van der Waals surface area (Å²) in [5, 5.41) is 3.36. The molecule has 26 heavy (non-hydrogen) atoms. The molecule has 0 atom stereocenters. The van der Waals surface area contributed by atoms with Crippen molar-refractivity contribution in [3.8, 4) is 11.5 Å². The van der Waals surface area contributed by atoms with E-state index in [-0.39, 0.29) is 0 Å². The molecule has 0 saturated heterocycles. The number of halogens is 1. The Morgan fingerprint density at radius 3 is 2.65 bits per heavy atom. The monoisotopic (exact) mass is 419 g/mol. The highest BCUT2D eigenvalue weighted by Crippen LogP contribution is 2.31. The summed E-state index contributed by atoms with van der Waals surface area (Å²) in [5.41, 5.74) is 1.18. The van der Waals surface area contributed by atoms with Crippen molar-refractivity contribution in [2.45, 2.75) is 31.9 Å². The Hall–Kier alpha value is -1.79. The number of nitrogens with one attached hydrogen (secondary N) is 1. The van der Waals surface area contributed by atoms with Crippen LogP contribution in [0, 0.1) is 0 Å². The average Bonchev–Trinajstić information content (AvgIpc) is 2.59. The third-order valence-corrected chi connectivity index (χ3v) is 4.97. The largest absolute Gasteiger partial charge is 0.492 e. The molecule has 2 aromatic rings. The van der Waals surface area contributed by atoms with Crippen molar-refractivity contribution in [1.82, 2.24) is 9.88 Å². The second-order valence-corrected chi connectivity index (χ2v) is 7.67. The van der Waals surface area contributed by atoms with Gasteiger partial charge in [-0.15, -0.1) is 0 Å². The molecule has 1 aromatic carbocycles. The highest BCUT2D eigenvalue weighted by molar-refractivity contribution is 9.10. The lowest BCUT2D eigenvalue weighted by atomic mass is 9.96. The van der Waals surface area contributed by atoms with Gasteiger partial charge in [-0.05, 0) is 67.0 Å². The van der Waals surface area contributed by atoms with Crippen LogP contribution in [0.4, 0.5) is 5.82 Å². The summed E-state index contributed by atoms with van der Waals surface area (Å²) >= 11 is 3.51. The Balaban J connectivity index is 1.51. The number of rotatable bonds is 9. The van der Waals surface area contributed by atoms with Crippen molar-refractivity contribution < 1.29 is 9.47 Å². The second-order valence-electron chi connectivity index (χ2n) is 6.82. The van der Waals surface area contributed by atoms with Crippen molar-refractivity contribution in [2.75, 3.05) is 32.6 Å². The molecule has 140 valence electrons. The van der Waals surface area contributed by atoms with Crippen molar-refractivity contribution >= 4 is 21.7 Å². The predicted octanol–water partition coefficient (Wildman–Crippen LogP) is 4.33. The number of nitrogens with zero attached hydrogens (tertiary/aromatic N) is 2. The van der Waals surface area contributed by atoms with E-state index in [0.717, 1.165) is 41.2 Å². The molecule has 1 heterocycles. The molecule has 1 saturated carbocycles. The van der Waals surface area contributed by atoms with Crippen LogP contribution in [0.15, 0.2) is 41.0 Å². The van der Waals surface area contributed by atoms with E-state index in [1.54, 1.807) is 6.20 Å². The lowest BCUT2D eigenvalue weighted by Gasteiger charge is -2.27. The molecule has 1 N–H and O–H groups in total. The van der Waals surface area contributed by atoms with Crippen molar-refractivity contribution in [3.63, 3.8) is 0 Å². The van der Waals surface area contributed by atoms with Gasteiger partial charge in [0.05, 0.1) is 10.6 Å². The fourth-order valence-electron chi connectivity index (χ4n) is 2.52. The van der Waals surface area contributed by atoms with E-state index in [1.165, 1.54) is 12.0 Å². The number of hydrogen-bond acceptors (Lipinski definition) is 5. The predicted molar refractivity (Wildman–Crippen MR) is 108 cm³/mol. The average molecular weight is 420 g/mol. The van der Waals surface area contributed by atoms with Crippen LogP contribution >= 0.6 is 15.9 Å². The zero-order valence-electron chi connectivity index (χ0n) is 15.4. The Labute approximate surface area is 163 Å². The van der Waals surface area contributed by atoms with Gasteiger partial charge in [-0.1, -0.05) is 12.1 Å². The topological polar surface area (TPSA) is 46.6 Å². The second kappa shape index (κ2) is 9.24. The van der Waals surface area contributed by atoms with E-state index in [2.05, 4.69) is 43.3 Å². The van der Waals surface area contributed by atoms with Gasteiger partial charge >= 0.3 is 0 Å². The van der Waals surface area contributed by atoms with Crippen LogP contribution < -0.4 is 14.8 Å². The first-order chi connectivity index (χ1) is 12.6. The minimum atomic E-state index is 0.349. The summed E-state index contributed by atoms with van der Waals surface area (Å²) in [4.78, 5) is 6.52. The van der Waals surface area contributed by atoms with Crippen LogP contribution in [0.25, 0.3) is 0 Å². The maximum absolute atomic E-state index is 6.00. The van der Waals surface area contributed by atoms with Gasteiger partial charge in [0.15, 0.2) is 0 Å². The molecule has 0 amide bonds. The van der Waals surface area contributed by atoms with Crippen LogP contribution in [-0.4, -0.2) is 43.2 Å². The van der Waals surface area contributed by atoms with Crippen LogP contribution in [0.3, 0.4) is 0 Å². The van der Waals surface area contributed by atoms with E-state index in [0.29, 0.717) is 19.3 Å². The molecule has 0 spiro atoms. The number of pyridine rings is 1. The van der Waals surface area contributed by atoms with Crippen LogP contribution in [0.1, 0.15) is 24.8 Å². The lowest BCUT2D eigenvalue weighted by Crippen LogP contribution is -2.24. The minimum absolute atomic E-state index is 0.349. The zero-order valence-corrected chi connectivity index (χ0v) is 17.0. The molecule has 1 fully saturated rings. The normalized spacial score (nSPS) is 14.2. The zero-order chi connectivity index (χ0) is 18.4. The van der Waals surface area contributed by atoms with E-state index < -0.39 is 0 Å². The molecule has 0 aliphatic heterocycles. The number of hydrogen-bond donors (Lipinski definition) is 1. The van der Waals surface area contributed by atoms with Crippen LogP contribution in [-0.2, 0) is 6.54 Å². The van der Waals surface area contributed by atoms with E-state index >= 15 is 0 Å². The minimum Gasteiger partial charge on any atom is -0.492 e. The third kappa shape index (κ3) is 5.61. The van der Waals surface area contributed by atoms with E-state index in [9.17, 15) is 0 Å². The highest BCUT2D eigenvalue weighted by Gasteiger charge is 2.20. The smallest absolute Gasteiger partial charge is 0.139 e. The van der Waals surface area contributed by atoms with Gasteiger partial charge in [-0.25, -0.2) is 4.98 Å². The van der Waals surface area contributed by atoms with Gasteiger partial charge in [0.25, 0.3) is 0 Å². The number of anilines is 1. The van der Waals surface area contributed by atoms with Crippen molar-refractivity contribution in [2.24, 2.45) is 0 Å². The summed E-state index contributed by atoms with van der Waals surface area (Å²) in [6.45, 7) is 2.30. The SMILES string of the molecule is CN(C)CCOc1ccc(CNc2cc(OC3CCC3)c(Br)cn2)cc1. The first-order valence-corrected chi connectivity index (χ1v) is 9.82. The fourth-order valence-corrected chi connectivity index (χ4v) is 2.83. The quantitative estimate of drug-likeness (QED) is 0.655. The van der Waals surface area contributed by atoms with E-state index in [1.807, 2.05) is 32.3 Å². The standard InChI is InChI=1S/C20H26BrN3O2/c1-24(2)10-11-25-16-8-6-15(7-9-16)13-22-20-12-19(18(21)14-23-20)26-17-4-3-5-17/h6-9,12,14,17H,3-5,10-11,13H2,1-2H3,(H,22,23). The Morgan fingerprint density at radius 2 is 2.00 bits per heavy atom. The maximum atomic E-state index is 6.00. The molecule has 0 unspecified atom stereocenters. The number of aromatic nitrogens is 1. The molecule has 1 aliphatic rings. The number of benzene rings is 1. The van der Waals surface area contributed by atoms with Crippen molar-refractivity contribution in [1.29, 1.82) is 0 Å². The summed E-state index contributed by atoms with van der Waals surface area (Å²) < 4.78 is 12.6. The highest BCUT2D eigenvalue weighted by atomic mass is 79.9. The van der Waals surface area contributed by atoms with Gasteiger partial charge in [0.1, 0.15) is 23.9 Å². The third-order valence-electron chi connectivity index (χ3n) is 4.37. The summed E-state index contributed by atoms with van der Waals surface area (Å²) in [6, 6.07) is 10.1. The molecule has 1 aliphatic carbocycles. The van der Waals surface area contributed by atoms with Gasteiger partial charge in [-0.2, -0.15) is 0 Å². The molecule has 0 bridgehead atoms. The number of likely N-dealkylation sites (N-methyl/N-ethyl adjacent to an activating group) is 1. The van der Waals surface area contributed by atoms with Gasteiger partial charge in [-0.3, -0.25) is 0 Å². The molecule has 6 heteroatoms. The van der Waals surface area contributed by atoms with Gasteiger partial charge < -0.3 is 19.7 Å². The molecular formula is C20H26BrN3O2. The molecule has 1 aromatic heterocycles. The number of ether oxygens (including phenoxy) is 2. The van der Waals surface area contributed by atoms with Crippen LogP contribution in [0.2, 0.25) is 0 Å². The Kier molecular flexibility index (Phi) is 6.74. The summed E-state index contributed by atoms with van der Waals surface area (Å²) in [5.74, 6) is 2.57. The Bertz CT molecular complexity index is 703. The van der Waals surface area contributed by atoms with Gasteiger partial charge in [0.2, 0.25) is 0 Å². The maximum Gasteiger partial charge on any atom is 0.139 e. The first kappa shape index (κ1) is 19.0.